The molecule has 4 amide bonds. The number of urea groups is 1. The fourth-order valence-electron chi connectivity index (χ4n) is 2.54. The van der Waals surface area contributed by atoms with Gasteiger partial charge in [0.25, 0.3) is 0 Å². The molecule has 2 N–H and O–H groups in total. The molecule has 1 aliphatic heterocycles. The maximum Gasteiger partial charge on any atom is 0.326 e. The molecule has 0 aromatic heterocycles. The third-order valence-electron chi connectivity index (χ3n) is 3.81. The van der Waals surface area contributed by atoms with Crippen molar-refractivity contribution in [2.75, 3.05) is 32.0 Å². The number of nitrogens with one attached hydrogen (secondary N) is 2. The maximum atomic E-state index is 12.0. The molecule has 1 aliphatic rings. The van der Waals surface area contributed by atoms with Crippen molar-refractivity contribution < 1.29 is 14.4 Å². The minimum atomic E-state index is -0.295. The molecule has 0 unspecified atom stereocenters. The summed E-state index contributed by atoms with van der Waals surface area (Å²) in [5, 5.41) is 6.09. The van der Waals surface area contributed by atoms with Crippen LogP contribution in [0.25, 0.3) is 0 Å². The molecule has 0 radical (unpaired) electrons. The van der Waals surface area contributed by atoms with Crippen molar-refractivity contribution in [2.24, 2.45) is 0 Å². The zero-order valence-electron chi connectivity index (χ0n) is 14.2. The highest BCUT2D eigenvalue weighted by atomic mass is 16.2. The number of hydrogen-bond donors (Lipinski definition) is 2. The maximum absolute atomic E-state index is 12.0. The van der Waals surface area contributed by atoms with Crippen LogP contribution in [-0.2, 0) is 16.1 Å². The summed E-state index contributed by atoms with van der Waals surface area (Å²) in [6, 6.07) is 7.38. The van der Waals surface area contributed by atoms with Gasteiger partial charge < -0.3 is 15.5 Å². The number of carbonyl (C=O) groups excluding carboxylic acids is 3. The number of imide groups is 1. The highest BCUT2D eigenvalue weighted by Gasteiger charge is 2.32. The van der Waals surface area contributed by atoms with E-state index in [4.69, 9.17) is 0 Å². The van der Waals surface area contributed by atoms with Gasteiger partial charge in [0.05, 0.1) is 0 Å². The van der Waals surface area contributed by atoms with E-state index in [1.165, 1.54) is 9.80 Å². The van der Waals surface area contributed by atoms with E-state index in [2.05, 4.69) is 10.6 Å². The van der Waals surface area contributed by atoms with E-state index in [0.29, 0.717) is 6.42 Å². The molecule has 1 aromatic rings. The first-order valence-electron chi connectivity index (χ1n) is 8.16. The Morgan fingerprint density at radius 2 is 2.08 bits per heavy atom. The van der Waals surface area contributed by atoms with Crippen molar-refractivity contribution in [3.8, 4) is 0 Å². The number of benzene rings is 1. The SMILES string of the molecule is CCNCc1cccc(NC(=O)CCCN2C(=O)CN(C)C2=O)c1. The molecule has 1 aromatic carbocycles. The molecule has 130 valence electrons. The second-order valence-corrected chi connectivity index (χ2v) is 5.82. The Labute approximate surface area is 142 Å². The van der Waals surface area contributed by atoms with Crippen molar-refractivity contribution in [3.05, 3.63) is 29.8 Å². The van der Waals surface area contributed by atoms with E-state index in [0.717, 1.165) is 24.3 Å². The molecule has 1 heterocycles. The lowest BCUT2D eigenvalue weighted by Crippen LogP contribution is -2.32. The predicted molar refractivity (Wildman–Crippen MR) is 91.4 cm³/mol. The van der Waals surface area contributed by atoms with E-state index in [-0.39, 0.29) is 37.4 Å². The number of anilines is 1. The molecular weight excluding hydrogens is 308 g/mol. The summed E-state index contributed by atoms with van der Waals surface area (Å²) >= 11 is 0. The smallest absolute Gasteiger partial charge is 0.326 e. The lowest BCUT2D eigenvalue weighted by atomic mass is 10.2. The lowest BCUT2D eigenvalue weighted by Gasteiger charge is -2.13. The Morgan fingerprint density at radius 3 is 2.75 bits per heavy atom. The van der Waals surface area contributed by atoms with Gasteiger partial charge in [-0.3, -0.25) is 14.5 Å². The second-order valence-electron chi connectivity index (χ2n) is 5.82. The average molecular weight is 332 g/mol. The van der Waals surface area contributed by atoms with Crippen LogP contribution < -0.4 is 10.6 Å². The van der Waals surface area contributed by atoms with Crippen LogP contribution in [-0.4, -0.2) is 54.3 Å². The Balaban J connectivity index is 1.77. The Bertz CT molecular complexity index is 618. The van der Waals surface area contributed by atoms with E-state index >= 15 is 0 Å². The van der Waals surface area contributed by atoms with Crippen LogP contribution in [0.15, 0.2) is 24.3 Å². The molecule has 0 bridgehead atoms. The molecular formula is C17H24N4O3. The quantitative estimate of drug-likeness (QED) is 0.705. The normalized spacial score (nSPS) is 14.4. The first-order chi connectivity index (χ1) is 11.5. The standard InChI is InChI=1S/C17H24N4O3/c1-3-18-11-13-6-4-7-14(10-13)19-15(22)8-5-9-21-16(23)12-20(2)17(21)24/h4,6-7,10,18H,3,5,8-9,11-12H2,1-2H3,(H,19,22). The van der Waals surface area contributed by atoms with Crippen LogP contribution >= 0.6 is 0 Å². The van der Waals surface area contributed by atoms with Crippen molar-refractivity contribution >= 4 is 23.5 Å². The number of amides is 4. The van der Waals surface area contributed by atoms with E-state index in [9.17, 15) is 14.4 Å². The molecule has 1 saturated heterocycles. The van der Waals surface area contributed by atoms with Gasteiger partial charge in [-0.1, -0.05) is 19.1 Å². The van der Waals surface area contributed by atoms with Gasteiger partial charge >= 0.3 is 6.03 Å². The van der Waals surface area contributed by atoms with Gasteiger partial charge in [0.15, 0.2) is 0 Å². The minimum absolute atomic E-state index is 0.115. The summed E-state index contributed by atoms with van der Waals surface area (Å²) in [4.78, 5) is 38.0. The van der Waals surface area contributed by atoms with Gasteiger partial charge in [0.2, 0.25) is 11.8 Å². The van der Waals surface area contributed by atoms with Gasteiger partial charge in [-0.25, -0.2) is 4.79 Å². The Morgan fingerprint density at radius 1 is 1.29 bits per heavy atom. The van der Waals surface area contributed by atoms with Crippen LogP contribution in [0, 0.1) is 0 Å². The lowest BCUT2D eigenvalue weighted by molar-refractivity contribution is -0.125. The summed E-state index contributed by atoms with van der Waals surface area (Å²) in [5.74, 6) is -0.331. The number of carbonyl (C=O) groups is 3. The molecule has 0 atom stereocenters. The van der Waals surface area contributed by atoms with Gasteiger partial charge in [0, 0.05) is 32.2 Å². The molecule has 2 rings (SSSR count). The van der Waals surface area contributed by atoms with Crippen molar-refractivity contribution in [3.63, 3.8) is 0 Å². The third kappa shape index (κ3) is 4.79. The van der Waals surface area contributed by atoms with Gasteiger partial charge in [0.1, 0.15) is 6.54 Å². The first kappa shape index (κ1) is 17.9. The third-order valence-corrected chi connectivity index (χ3v) is 3.81. The van der Waals surface area contributed by atoms with E-state index < -0.39 is 0 Å². The van der Waals surface area contributed by atoms with Gasteiger partial charge in [-0.15, -0.1) is 0 Å². The summed E-state index contributed by atoms with van der Waals surface area (Å²) in [6.07, 6.45) is 0.715. The average Bonchev–Trinajstić information content (AvgIpc) is 2.79. The monoisotopic (exact) mass is 332 g/mol. The highest BCUT2D eigenvalue weighted by molar-refractivity contribution is 6.01. The molecule has 1 fully saturated rings. The Kier molecular flexibility index (Phi) is 6.31. The summed E-state index contributed by atoms with van der Waals surface area (Å²) in [7, 11) is 1.59. The molecule has 0 saturated carbocycles. The minimum Gasteiger partial charge on any atom is -0.326 e. The van der Waals surface area contributed by atoms with Gasteiger partial charge in [-0.2, -0.15) is 0 Å². The number of likely N-dealkylation sites (N-methyl/N-ethyl adjacent to an activating group) is 1. The molecule has 0 spiro atoms. The number of hydrogen-bond acceptors (Lipinski definition) is 4. The largest absolute Gasteiger partial charge is 0.326 e. The van der Waals surface area contributed by atoms with Crippen molar-refractivity contribution in [2.45, 2.75) is 26.3 Å². The van der Waals surface area contributed by atoms with Crippen LogP contribution in [0.2, 0.25) is 0 Å². The van der Waals surface area contributed by atoms with E-state index in [1.807, 2.05) is 31.2 Å². The molecule has 7 heteroatoms. The predicted octanol–water partition coefficient (Wildman–Crippen LogP) is 1.41. The Hall–Kier alpha value is -2.41. The van der Waals surface area contributed by atoms with Gasteiger partial charge in [-0.05, 0) is 30.7 Å². The van der Waals surface area contributed by atoms with E-state index in [1.54, 1.807) is 7.05 Å². The molecule has 7 nitrogen and oxygen atoms in total. The summed E-state index contributed by atoms with van der Waals surface area (Å²) in [6.45, 7) is 4.07. The number of nitrogens with zero attached hydrogens (tertiary/aromatic N) is 2. The van der Waals surface area contributed by atoms with Crippen LogP contribution in [0.3, 0.4) is 0 Å². The van der Waals surface area contributed by atoms with Crippen molar-refractivity contribution in [1.29, 1.82) is 0 Å². The second kappa shape index (κ2) is 8.44. The zero-order valence-corrected chi connectivity index (χ0v) is 14.2. The summed E-state index contributed by atoms with van der Waals surface area (Å²) < 4.78 is 0. The van der Waals surface area contributed by atoms with Crippen molar-refractivity contribution in [1.82, 2.24) is 15.1 Å². The first-order valence-corrected chi connectivity index (χ1v) is 8.16. The topological polar surface area (TPSA) is 81.8 Å². The van der Waals surface area contributed by atoms with Crippen LogP contribution in [0.4, 0.5) is 10.5 Å². The fourth-order valence-corrected chi connectivity index (χ4v) is 2.54. The van der Waals surface area contributed by atoms with Crippen LogP contribution in [0.1, 0.15) is 25.3 Å². The summed E-state index contributed by atoms with van der Waals surface area (Å²) in [5.41, 5.74) is 1.86. The fraction of sp³-hybridized carbons (Fsp3) is 0.471. The van der Waals surface area contributed by atoms with Crippen LogP contribution in [0.5, 0.6) is 0 Å². The zero-order chi connectivity index (χ0) is 17.5. The highest BCUT2D eigenvalue weighted by Crippen LogP contribution is 2.12. The molecule has 0 aliphatic carbocycles. The number of rotatable bonds is 8. The molecule has 24 heavy (non-hydrogen) atoms.